The first-order valence-electron chi connectivity index (χ1n) is 5.62. The van der Waals surface area contributed by atoms with Gasteiger partial charge in [0.1, 0.15) is 5.75 Å². The number of benzene rings is 1. The lowest BCUT2D eigenvalue weighted by molar-refractivity contribution is -0.142. The summed E-state index contributed by atoms with van der Waals surface area (Å²) >= 11 is 0. The Hall–Kier alpha value is -1.55. The van der Waals surface area contributed by atoms with E-state index in [-0.39, 0.29) is 12.5 Å². The molecule has 4 nitrogen and oxygen atoms in total. The van der Waals surface area contributed by atoms with Crippen LogP contribution in [0, 0.1) is 0 Å². The summed E-state index contributed by atoms with van der Waals surface area (Å²) in [4.78, 5) is 11.6. The largest absolute Gasteiger partial charge is 0.496 e. The third-order valence-corrected chi connectivity index (χ3v) is 2.81. The molecule has 1 unspecified atom stereocenters. The van der Waals surface area contributed by atoms with Crippen molar-refractivity contribution in [2.24, 2.45) is 5.73 Å². The van der Waals surface area contributed by atoms with E-state index in [1.807, 2.05) is 25.1 Å². The van der Waals surface area contributed by atoms with Gasteiger partial charge in [-0.25, -0.2) is 0 Å². The Bertz CT molecular complexity index is 390. The van der Waals surface area contributed by atoms with Gasteiger partial charge in [0.25, 0.3) is 0 Å². The molecule has 0 heterocycles. The summed E-state index contributed by atoms with van der Waals surface area (Å²) < 4.78 is 9.98. The van der Waals surface area contributed by atoms with Gasteiger partial charge in [-0.3, -0.25) is 4.79 Å². The van der Waals surface area contributed by atoms with E-state index in [9.17, 15) is 4.79 Å². The Kier molecular flexibility index (Phi) is 4.97. The smallest absolute Gasteiger partial charge is 0.314 e. The van der Waals surface area contributed by atoms with Crippen molar-refractivity contribution >= 4 is 5.97 Å². The molecule has 0 aliphatic rings. The monoisotopic (exact) mass is 237 g/mol. The zero-order valence-corrected chi connectivity index (χ0v) is 10.5. The highest BCUT2D eigenvalue weighted by Gasteiger charge is 2.20. The van der Waals surface area contributed by atoms with E-state index in [0.717, 1.165) is 23.3 Å². The van der Waals surface area contributed by atoms with E-state index in [1.165, 1.54) is 7.11 Å². The maximum atomic E-state index is 11.6. The van der Waals surface area contributed by atoms with Crippen LogP contribution in [0.15, 0.2) is 18.2 Å². The molecule has 17 heavy (non-hydrogen) atoms. The number of esters is 1. The van der Waals surface area contributed by atoms with Crippen molar-refractivity contribution in [3.05, 3.63) is 29.3 Å². The Morgan fingerprint density at radius 2 is 2.12 bits per heavy atom. The van der Waals surface area contributed by atoms with Crippen LogP contribution in [0.3, 0.4) is 0 Å². The number of methoxy groups -OCH3 is 2. The molecule has 0 aliphatic heterocycles. The summed E-state index contributed by atoms with van der Waals surface area (Å²) in [6.07, 6.45) is 0.843. The van der Waals surface area contributed by atoms with Crippen molar-refractivity contribution < 1.29 is 14.3 Å². The van der Waals surface area contributed by atoms with Crippen LogP contribution in [0.25, 0.3) is 0 Å². The number of ether oxygens (including phenoxy) is 2. The van der Waals surface area contributed by atoms with Gasteiger partial charge < -0.3 is 15.2 Å². The number of nitrogens with two attached hydrogens (primary N) is 1. The van der Waals surface area contributed by atoms with Gasteiger partial charge in [-0.2, -0.15) is 0 Å². The molecule has 0 aromatic heterocycles. The van der Waals surface area contributed by atoms with Gasteiger partial charge in [0.2, 0.25) is 0 Å². The molecule has 94 valence electrons. The van der Waals surface area contributed by atoms with Crippen LogP contribution in [0.2, 0.25) is 0 Å². The zero-order valence-electron chi connectivity index (χ0n) is 10.5. The number of carbonyl (C=O) groups excluding carboxylic acids is 1. The summed E-state index contributed by atoms with van der Waals surface area (Å²) in [6, 6.07) is 5.67. The number of rotatable bonds is 5. The van der Waals surface area contributed by atoms with Crippen LogP contribution in [-0.4, -0.2) is 26.7 Å². The highest BCUT2D eigenvalue weighted by atomic mass is 16.5. The molecule has 0 radical (unpaired) electrons. The first kappa shape index (κ1) is 13.5. The fraction of sp³-hybridized carbons (Fsp3) is 0.462. The van der Waals surface area contributed by atoms with E-state index in [2.05, 4.69) is 0 Å². The average Bonchev–Trinajstić information content (AvgIpc) is 2.38. The van der Waals surface area contributed by atoms with Gasteiger partial charge in [-0.15, -0.1) is 0 Å². The van der Waals surface area contributed by atoms with Crippen molar-refractivity contribution in [2.45, 2.75) is 19.3 Å². The van der Waals surface area contributed by atoms with Crippen molar-refractivity contribution in [1.82, 2.24) is 0 Å². The Morgan fingerprint density at radius 3 is 2.59 bits per heavy atom. The first-order chi connectivity index (χ1) is 8.17. The highest BCUT2D eigenvalue weighted by Crippen LogP contribution is 2.25. The minimum Gasteiger partial charge on any atom is -0.496 e. The lowest BCUT2D eigenvalue weighted by Gasteiger charge is -2.15. The summed E-state index contributed by atoms with van der Waals surface area (Å²) in [5.41, 5.74) is 7.55. The summed E-state index contributed by atoms with van der Waals surface area (Å²) in [5, 5.41) is 0. The van der Waals surface area contributed by atoms with Crippen molar-refractivity contribution in [2.75, 3.05) is 20.8 Å². The molecule has 1 rings (SSSR count). The molecule has 1 atom stereocenters. The van der Waals surface area contributed by atoms with Crippen LogP contribution in [-0.2, 0) is 16.0 Å². The van der Waals surface area contributed by atoms with Crippen LogP contribution >= 0.6 is 0 Å². The summed E-state index contributed by atoms with van der Waals surface area (Å²) in [7, 11) is 3.00. The van der Waals surface area contributed by atoms with Gasteiger partial charge in [0, 0.05) is 6.54 Å². The second kappa shape index (κ2) is 6.25. The number of hydrogen-bond donors (Lipinski definition) is 1. The Labute approximate surface area is 102 Å². The minimum atomic E-state index is -0.406. The molecular weight excluding hydrogens is 218 g/mol. The minimum absolute atomic E-state index is 0.238. The van der Waals surface area contributed by atoms with Crippen molar-refractivity contribution in [3.8, 4) is 5.75 Å². The molecular formula is C13H19NO3. The number of carbonyl (C=O) groups is 1. The van der Waals surface area contributed by atoms with Gasteiger partial charge >= 0.3 is 5.97 Å². The normalized spacial score (nSPS) is 12.0. The van der Waals surface area contributed by atoms with E-state index >= 15 is 0 Å². The Balaban J connectivity index is 3.09. The molecule has 4 heteroatoms. The molecule has 2 N–H and O–H groups in total. The lowest BCUT2D eigenvalue weighted by atomic mass is 9.96. The average molecular weight is 237 g/mol. The van der Waals surface area contributed by atoms with Crippen LogP contribution in [0.4, 0.5) is 0 Å². The third-order valence-electron chi connectivity index (χ3n) is 2.81. The van der Waals surface area contributed by atoms with E-state index in [4.69, 9.17) is 15.2 Å². The molecule has 0 bridgehead atoms. The second-order valence-corrected chi connectivity index (χ2v) is 3.74. The molecule has 0 fully saturated rings. The predicted octanol–water partition coefficient (Wildman–Crippen LogP) is 1.47. The third kappa shape index (κ3) is 2.97. The van der Waals surface area contributed by atoms with Gasteiger partial charge in [0.15, 0.2) is 0 Å². The molecule has 0 aliphatic carbocycles. The fourth-order valence-electron chi connectivity index (χ4n) is 1.80. The lowest BCUT2D eigenvalue weighted by Crippen LogP contribution is -2.22. The highest BCUT2D eigenvalue weighted by molar-refractivity contribution is 5.78. The molecule has 1 aromatic rings. The van der Waals surface area contributed by atoms with E-state index < -0.39 is 5.92 Å². The SMILES string of the molecule is CCc1cc(C(CN)C(=O)OC)ccc1OC. The summed E-state index contributed by atoms with van der Waals surface area (Å²) in [5.74, 6) is 0.118. The topological polar surface area (TPSA) is 61.6 Å². The van der Waals surface area contributed by atoms with Crippen LogP contribution in [0.1, 0.15) is 24.0 Å². The molecule has 0 saturated heterocycles. The van der Waals surface area contributed by atoms with Gasteiger partial charge in [-0.05, 0) is 23.6 Å². The second-order valence-electron chi connectivity index (χ2n) is 3.74. The first-order valence-corrected chi connectivity index (χ1v) is 5.62. The number of hydrogen-bond acceptors (Lipinski definition) is 4. The molecule has 0 spiro atoms. The summed E-state index contributed by atoms with van der Waals surface area (Å²) in [6.45, 7) is 2.28. The van der Waals surface area contributed by atoms with Gasteiger partial charge in [0.05, 0.1) is 20.1 Å². The predicted molar refractivity (Wildman–Crippen MR) is 66.2 cm³/mol. The Morgan fingerprint density at radius 1 is 1.41 bits per heavy atom. The van der Waals surface area contributed by atoms with Crippen LogP contribution in [0.5, 0.6) is 5.75 Å². The number of aryl methyl sites for hydroxylation is 1. The molecule has 0 amide bonds. The molecule has 0 saturated carbocycles. The van der Waals surface area contributed by atoms with Crippen LogP contribution < -0.4 is 10.5 Å². The molecule has 1 aromatic carbocycles. The van der Waals surface area contributed by atoms with Crippen molar-refractivity contribution in [1.29, 1.82) is 0 Å². The van der Waals surface area contributed by atoms with Gasteiger partial charge in [-0.1, -0.05) is 19.1 Å². The van der Waals surface area contributed by atoms with E-state index in [0.29, 0.717) is 0 Å². The fourth-order valence-corrected chi connectivity index (χ4v) is 1.80. The maximum absolute atomic E-state index is 11.6. The van der Waals surface area contributed by atoms with Crippen molar-refractivity contribution in [3.63, 3.8) is 0 Å². The standard InChI is InChI=1S/C13H19NO3/c1-4-9-7-10(5-6-12(9)16-2)11(8-14)13(15)17-3/h5-7,11H,4,8,14H2,1-3H3. The van der Waals surface area contributed by atoms with E-state index in [1.54, 1.807) is 7.11 Å². The zero-order chi connectivity index (χ0) is 12.8. The quantitative estimate of drug-likeness (QED) is 0.788. The maximum Gasteiger partial charge on any atom is 0.314 e.